The molecule has 0 bridgehead atoms. The second kappa shape index (κ2) is 50.8. The van der Waals surface area contributed by atoms with Crippen LogP contribution in [0.25, 0.3) is 0 Å². The molecule has 0 spiro atoms. The molecule has 0 aliphatic rings. The lowest BCUT2D eigenvalue weighted by molar-refractivity contribution is -0.167. The van der Waals surface area contributed by atoms with Gasteiger partial charge in [0.2, 0.25) is 0 Å². The zero-order chi connectivity index (χ0) is 46.8. The van der Waals surface area contributed by atoms with Gasteiger partial charge in [-0.15, -0.1) is 0 Å². The van der Waals surface area contributed by atoms with E-state index in [9.17, 15) is 14.4 Å². The molecule has 64 heavy (non-hydrogen) atoms. The van der Waals surface area contributed by atoms with Crippen LogP contribution in [0.5, 0.6) is 0 Å². The number of rotatable bonds is 52. The summed E-state index contributed by atoms with van der Waals surface area (Å²) in [5.41, 5.74) is 0. The summed E-state index contributed by atoms with van der Waals surface area (Å²) < 4.78 is 16.8. The molecule has 0 saturated heterocycles. The van der Waals surface area contributed by atoms with Gasteiger partial charge in [0, 0.05) is 19.3 Å². The van der Waals surface area contributed by atoms with Crippen LogP contribution >= 0.6 is 0 Å². The summed E-state index contributed by atoms with van der Waals surface area (Å²) in [6.45, 7) is 11.4. The second-order valence-electron chi connectivity index (χ2n) is 20.9. The minimum absolute atomic E-state index is 0.0627. The summed E-state index contributed by atoms with van der Waals surface area (Å²) in [5, 5.41) is 0. The van der Waals surface area contributed by atoms with Crippen molar-refractivity contribution in [3.05, 3.63) is 0 Å². The van der Waals surface area contributed by atoms with Crippen LogP contribution in [0.3, 0.4) is 0 Å². The van der Waals surface area contributed by atoms with Crippen LogP contribution in [0.15, 0.2) is 0 Å². The van der Waals surface area contributed by atoms with Crippen LogP contribution in [0.4, 0.5) is 0 Å². The maximum atomic E-state index is 12.8. The number of hydrogen-bond acceptors (Lipinski definition) is 6. The number of hydrogen-bond donors (Lipinski definition) is 0. The van der Waals surface area contributed by atoms with Crippen LogP contribution in [0.1, 0.15) is 324 Å². The summed E-state index contributed by atoms with van der Waals surface area (Å²) in [6.07, 6.45) is 53.9. The van der Waals surface area contributed by atoms with Crippen molar-refractivity contribution in [2.75, 3.05) is 13.2 Å². The van der Waals surface area contributed by atoms with E-state index in [1.165, 1.54) is 212 Å². The van der Waals surface area contributed by atoms with Crippen molar-refractivity contribution >= 4 is 17.9 Å². The minimum Gasteiger partial charge on any atom is -0.462 e. The van der Waals surface area contributed by atoms with Crippen LogP contribution in [0.2, 0.25) is 0 Å². The lowest BCUT2D eigenvalue weighted by Gasteiger charge is -2.18. The predicted molar refractivity (Wildman–Crippen MR) is 275 cm³/mol. The first-order valence-electron chi connectivity index (χ1n) is 28.7. The average Bonchev–Trinajstić information content (AvgIpc) is 3.27. The smallest absolute Gasteiger partial charge is 0.306 e. The Morgan fingerprint density at radius 2 is 0.516 bits per heavy atom. The maximum absolute atomic E-state index is 12.8. The van der Waals surface area contributed by atoms with Gasteiger partial charge in [-0.05, 0) is 31.1 Å². The minimum atomic E-state index is -0.761. The Labute approximate surface area is 399 Å². The number of unbranched alkanes of at least 4 members (excludes halogenated alkanes) is 37. The topological polar surface area (TPSA) is 78.9 Å². The second-order valence-corrected chi connectivity index (χ2v) is 20.9. The van der Waals surface area contributed by atoms with Crippen molar-refractivity contribution in [3.8, 4) is 0 Å². The molecular weight excluding hydrogens is 793 g/mol. The van der Waals surface area contributed by atoms with Crippen molar-refractivity contribution < 1.29 is 28.6 Å². The summed E-state index contributed by atoms with van der Waals surface area (Å²) in [5.74, 6) is 0.859. The van der Waals surface area contributed by atoms with E-state index in [2.05, 4.69) is 34.6 Å². The van der Waals surface area contributed by atoms with E-state index >= 15 is 0 Å². The molecule has 6 nitrogen and oxygen atoms in total. The first kappa shape index (κ1) is 62.4. The first-order valence-corrected chi connectivity index (χ1v) is 28.7. The van der Waals surface area contributed by atoms with Crippen molar-refractivity contribution in [3.63, 3.8) is 0 Å². The average molecular weight is 906 g/mol. The summed E-state index contributed by atoms with van der Waals surface area (Å²) in [4.78, 5) is 38.0. The lowest BCUT2D eigenvalue weighted by atomic mass is 10.0. The molecular formula is C58H112O6. The molecule has 6 heteroatoms. The number of carbonyl (C=O) groups is 3. The summed E-state index contributed by atoms with van der Waals surface area (Å²) in [7, 11) is 0. The van der Waals surface area contributed by atoms with Gasteiger partial charge in [-0.1, -0.05) is 285 Å². The highest BCUT2D eigenvalue weighted by Gasteiger charge is 2.19. The molecule has 1 atom stereocenters. The highest BCUT2D eigenvalue weighted by molar-refractivity contribution is 5.71. The normalized spacial score (nSPS) is 12.0. The van der Waals surface area contributed by atoms with E-state index in [4.69, 9.17) is 14.2 Å². The molecule has 0 amide bonds. The monoisotopic (exact) mass is 905 g/mol. The van der Waals surface area contributed by atoms with Crippen molar-refractivity contribution in [1.82, 2.24) is 0 Å². The largest absolute Gasteiger partial charge is 0.462 e. The van der Waals surface area contributed by atoms with Gasteiger partial charge >= 0.3 is 17.9 Å². The Hall–Kier alpha value is -1.59. The molecule has 0 fully saturated rings. The predicted octanol–water partition coefficient (Wildman–Crippen LogP) is 18.9. The first-order chi connectivity index (χ1) is 31.2. The molecule has 0 unspecified atom stereocenters. The summed E-state index contributed by atoms with van der Waals surface area (Å²) >= 11 is 0. The van der Waals surface area contributed by atoms with Gasteiger partial charge in [0.1, 0.15) is 13.2 Å². The fourth-order valence-electron chi connectivity index (χ4n) is 8.87. The highest BCUT2D eigenvalue weighted by atomic mass is 16.6. The molecule has 0 aromatic heterocycles. The number of ether oxygens (including phenoxy) is 3. The molecule has 0 rings (SSSR count). The Morgan fingerprint density at radius 3 is 0.766 bits per heavy atom. The molecule has 0 saturated carbocycles. The van der Waals surface area contributed by atoms with Gasteiger partial charge in [-0.25, -0.2) is 0 Å². The Morgan fingerprint density at radius 1 is 0.297 bits per heavy atom. The Balaban J connectivity index is 4.21. The van der Waals surface area contributed by atoms with Crippen molar-refractivity contribution in [1.29, 1.82) is 0 Å². The Bertz CT molecular complexity index is 978. The molecule has 0 heterocycles. The zero-order valence-corrected chi connectivity index (χ0v) is 43.9. The number of carbonyl (C=O) groups excluding carboxylic acids is 3. The van der Waals surface area contributed by atoms with Crippen molar-refractivity contribution in [2.45, 2.75) is 330 Å². The summed E-state index contributed by atoms with van der Waals surface area (Å²) in [6, 6.07) is 0. The number of esters is 3. The fourth-order valence-corrected chi connectivity index (χ4v) is 8.87. The van der Waals surface area contributed by atoms with Crippen LogP contribution in [-0.4, -0.2) is 37.2 Å². The third-order valence-electron chi connectivity index (χ3n) is 13.2. The van der Waals surface area contributed by atoms with Gasteiger partial charge in [0.05, 0.1) is 0 Å². The van der Waals surface area contributed by atoms with Crippen LogP contribution < -0.4 is 0 Å². The van der Waals surface area contributed by atoms with E-state index in [1.54, 1.807) is 0 Å². The van der Waals surface area contributed by atoms with Crippen LogP contribution in [0, 0.1) is 11.8 Å². The molecule has 0 aliphatic heterocycles. The van der Waals surface area contributed by atoms with Gasteiger partial charge in [0.25, 0.3) is 0 Å². The molecule has 0 aromatic carbocycles. The van der Waals surface area contributed by atoms with Gasteiger partial charge < -0.3 is 14.2 Å². The fraction of sp³-hybridized carbons (Fsp3) is 0.948. The quantitative estimate of drug-likeness (QED) is 0.0344. The third-order valence-corrected chi connectivity index (χ3v) is 13.2. The maximum Gasteiger partial charge on any atom is 0.306 e. The molecule has 0 radical (unpaired) electrons. The van der Waals surface area contributed by atoms with Crippen LogP contribution in [-0.2, 0) is 28.6 Å². The van der Waals surface area contributed by atoms with E-state index in [1.807, 2.05) is 0 Å². The molecule has 0 aliphatic carbocycles. The van der Waals surface area contributed by atoms with Gasteiger partial charge in [-0.3, -0.25) is 14.4 Å². The Kier molecular flexibility index (Phi) is 49.6. The SMILES string of the molecule is CCCCCCCCCCCC(=O)OC[C@H](COC(=O)CCCCCCCCCCCCCCCCCCC(C)C)OC(=O)CCCCCCCCCCCCCCCCCC(C)C. The van der Waals surface area contributed by atoms with E-state index < -0.39 is 6.10 Å². The van der Waals surface area contributed by atoms with Gasteiger partial charge in [-0.2, -0.15) is 0 Å². The molecule has 380 valence electrons. The van der Waals surface area contributed by atoms with Crippen molar-refractivity contribution in [2.24, 2.45) is 11.8 Å². The lowest BCUT2D eigenvalue weighted by Crippen LogP contribution is -2.30. The third kappa shape index (κ3) is 51.4. The van der Waals surface area contributed by atoms with E-state index in [-0.39, 0.29) is 31.1 Å². The standard InChI is InChI=1S/C58H112O6/c1-6-7-8-9-10-26-33-38-43-48-56(59)62-51-55(64-58(61)50-45-40-35-30-25-21-17-13-15-19-23-28-32-37-42-47-54(4)5)52-63-57(60)49-44-39-34-29-24-20-16-12-11-14-18-22-27-31-36-41-46-53(2)3/h53-55H,6-52H2,1-5H3/t55-/m1/s1. The highest BCUT2D eigenvalue weighted by Crippen LogP contribution is 2.18. The van der Waals surface area contributed by atoms with E-state index in [0.717, 1.165) is 69.6 Å². The molecule has 0 aromatic rings. The van der Waals surface area contributed by atoms with E-state index in [0.29, 0.717) is 19.3 Å². The zero-order valence-electron chi connectivity index (χ0n) is 43.9. The molecule has 0 N–H and O–H groups in total. The van der Waals surface area contributed by atoms with Gasteiger partial charge in [0.15, 0.2) is 6.10 Å².